The molecule has 0 bridgehead atoms. The van der Waals surface area contributed by atoms with Crippen molar-refractivity contribution >= 4 is 27.4 Å². The van der Waals surface area contributed by atoms with Crippen molar-refractivity contribution in [3.63, 3.8) is 0 Å². The van der Waals surface area contributed by atoms with Gasteiger partial charge in [0.15, 0.2) is 5.82 Å². The summed E-state index contributed by atoms with van der Waals surface area (Å²) >= 11 is 1.71. The molecule has 8 heteroatoms. The zero-order valence-corrected chi connectivity index (χ0v) is 17.2. The Labute approximate surface area is 172 Å². The maximum atomic E-state index is 5.96. The van der Waals surface area contributed by atoms with E-state index in [1.54, 1.807) is 11.3 Å². The van der Waals surface area contributed by atoms with Gasteiger partial charge in [0, 0.05) is 17.8 Å². The Morgan fingerprint density at radius 3 is 2.86 bits per heavy atom. The lowest BCUT2D eigenvalue weighted by Crippen LogP contribution is -2.39. The van der Waals surface area contributed by atoms with Gasteiger partial charge in [-0.25, -0.2) is 15.0 Å². The van der Waals surface area contributed by atoms with E-state index in [1.807, 2.05) is 13.0 Å². The summed E-state index contributed by atoms with van der Waals surface area (Å²) in [7, 11) is 0. The second-order valence-electron chi connectivity index (χ2n) is 7.09. The third kappa shape index (κ3) is 3.49. The number of hydrogen-bond donors (Lipinski definition) is 1. The maximum Gasteiger partial charge on any atom is 0.181 e. The minimum Gasteiger partial charge on any atom is -0.366 e. The average Bonchev–Trinajstić information content (AvgIpc) is 3.41. The van der Waals surface area contributed by atoms with Gasteiger partial charge in [0.25, 0.3) is 0 Å². The molecule has 1 fully saturated rings. The predicted molar refractivity (Wildman–Crippen MR) is 114 cm³/mol. The largest absolute Gasteiger partial charge is 0.366 e. The molecule has 1 atom stereocenters. The van der Waals surface area contributed by atoms with Crippen molar-refractivity contribution in [2.75, 3.05) is 24.6 Å². The molecule has 4 heterocycles. The topological polar surface area (TPSA) is 79.8 Å². The number of thiophene rings is 1. The number of H-pyrrole nitrogens is 1. The molecule has 5 rings (SSSR count). The third-order valence-corrected chi connectivity index (χ3v) is 6.16. The van der Waals surface area contributed by atoms with Crippen LogP contribution in [0, 0.1) is 6.92 Å². The van der Waals surface area contributed by atoms with Gasteiger partial charge in [-0.2, -0.15) is 5.10 Å². The second-order valence-corrected chi connectivity index (χ2v) is 8.12. The molecule has 3 aromatic heterocycles. The standard InChI is InChI=1S/C21H22N6OS/c1-3-18-24-19(26-25-18)16-12-27(9-10-28-16)20-15-11-17(14-7-5-4-6-8-14)29-21(15)23-13(2)22-20/h4-8,11,16H,3,9-10,12H2,1-2H3,(H,24,25,26). The first-order valence-corrected chi connectivity index (χ1v) is 10.6. The van der Waals surface area contributed by atoms with E-state index in [1.165, 1.54) is 10.4 Å². The van der Waals surface area contributed by atoms with E-state index < -0.39 is 0 Å². The van der Waals surface area contributed by atoms with Crippen LogP contribution in [0.25, 0.3) is 20.7 Å². The van der Waals surface area contributed by atoms with Crippen LogP contribution in [0.5, 0.6) is 0 Å². The minimum atomic E-state index is -0.169. The van der Waals surface area contributed by atoms with Crippen LogP contribution in [0.1, 0.15) is 30.5 Å². The summed E-state index contributed by atoms with van der Waals surface area (Å²) in [5.74, 6) is 3.34. The fourth-order valence-corrected chi connectivity index (χ4v) is 4.68. The van der Waals surface area contributed by atoms with Crippen LogP contribution in [0.2, 0.25) is 0 Å². The van der Waals surface area contributed by atoms with E-state index in [-0.39, 0.29) is 6.10 Å². The molecule has 0 radical (unpaired) electrons. The number of nitrogens with one attached hydrogen (secondary N) is 1. The normalized spacial score (nSPS) is 17.2. The summed E-state index contributed by atoms with van der Waals surface area (Å²) in [6.07, 6.45) is 0.657. The SMILES string of the molecule is CCc1nc(C2CN(c3nc(C)nc4sc(-c5ccccc5)cc34)CCO2)n[nH]1. The first-order valence-electron chi connectivity index (χ1n) is 9.82. The maximum absolute atomic E-state index is 5.96. The molecule has 1 aliphatic rings. The van der Waals surface area contributed by atoms with Gasteiger partial charge in [0.05, 0.1) is 18.5 Å². The summed E-state index contributed by atoms with van der Waals surface area (Å²) in [5, 5.41) is 8.42. The van der Waals surface area contributed by atoms with Crippen LogP contribution in [0.15, 0.2) is 36.4 Å². The van der Waals surface area contributed by atoms with Crippen molar-refractivity contribution in [2.24, 2.45) is 0 Å². The molecule has 1 unspecified atom stereocenters. The van der Waals surface area contributed by atoms with Gasteiger partial charge in [-0.05, 0) is 18.6 Å². The number of morpholine rings is 1. The van der Waals surface area contributed by atoms with Crippen LogP contribution < -0.4 is 4.90 Å². The summed E-state index contributed by atoms with van der Waals surface area (Å²) in [5.41, 5.74) is 1.20. The number of hydrogen-bond acceptors (Lipinski definition) is 7. The van der Waals surface area contributed by atoms with Crippen LogP contribution in [0.4, 0.5) is 5.82 Å². The van der Waals surface area contributed by atoms with Crippen molar-refractivity contribution in [3.8, 4) is 10.4 Å². The Morgan fingerprint density at radius 2 is 2.07 bits per heavy atom. The molecular weight excluding hydrogens is 384 g/mol. The Bertz CT molecular complexity index is 1140. The van der Waals surface area contributed by atoms with Crippen molar-refractivity contribution in [1.82, 2.24) is 25.1 Å². The Kier molecular flexibility index (Phi) is 4.73. The first kappa shape index (κ1) is 18.2. The highest BCUT2D eigenvalue weighted by Gasteiger charge is 2.28. The number of benzene rings is 1. The molecule has 29 heavy (non-hydrogen) atoms. The molecule has 4 aromatic rings. The number of rotatable bonds is 4. The lowest BCUT2D eigenvalue weighted by atomic mass is 10.1. The smallest absolute Gasteiger partial charge is 0.181 e. The number of fused-ring (bicyclic) bond motifs is 1. The number of aryl methyl sites for hydroxylation is 2. The fourth-order valence-electron chi connectivity index (χ4n) is 3.61. The summed E-state index contributed by atoms with van der Waals surface area (Å²) < 4.78 is 5.96. The van der Waals surface area contributed by atoms with E-state index in [0.717, 1.165) is 40.6 Å². The summed E-state index contributed by atoms with van der Waals surface area (Å²) in [6, 6.07) is 12.6. The molecule has 1 aromatic carbocycles. The van der Waals surface area contributed by atoms with Crippen LogP contribution in [0.3, 0.4) is 0 Å². The number of ether oxygens (including phenoxy) is 1. The van der Waals surface area contributed by atoms with Gasteiger partial charge in [0.2, 0.25) is 0 Å². The van der Waals surface area contributed by atoms with Gasteiger partial charge < -0.3 is 9.64 Å². The van der Waals surface area contributed by atoms with Crippen molar-refractivity contribution in [2.45, 2.75) is 26.4 Å². The van der Waals surface area contributed by atoms with Gasteiger partial charge in [-0.1, -0.05) is 37.3 Å². The summed E-state index contributed by atoms with van der Waals surface area (Å²) in [6.45, 7) is 6.07. The monoisotopic (exact) mass is 406 g/mol. The molecule has 0 amide bonds. The highest BCUT2D eigenvalue weighted by molar-refractivity contribution is 7.21. The highest BCUT2D eigenvalue weighted by Crippen LogP contribution is 2.37. The minimum absolute atomic E-state index is 0.169. The molecule has 1 N–H and O–H groups in total. The number of aromatic amines is 1. The zero-order chi connectivity index (χ0) is 19.8. The highest BCUT2D eigenvalue weighted by atomic mass is 32.1. The lowest BCUT2D eigenvalue weighted by Gasteiger charge is -2.32. The summed E-state index contributed by atoms with van der Waals surface area (Å²) in [4.78, 5) is 18.5. The van der Waals surface area contributed by atoms with Gasteiger partial charge >= 0.3 is 0 Å². The van der Waals surface area contributed by atoms with Gasteiger partial charge in [-0.3, -0.25) is 5.10 Å². The Balaban J connectivity index is 1.51. The molecule has 148 valence electrons. The fraction of sp³-hybridized carbons (Fsp3) is 0.333. The quantitative estimate of drug-likeness (QED) is 0.553. The molecule has 1 aliphatic heterocycles. The van der Waals surface area contributed by atoms with Crippen LogP contribution in [-0.2, 0) is 11.2 Å². The Morgan fingerprint density at radius 1 is 1.21 bits per heavy atom. The average molecular weight is 407 g/mol. The lowest BCUT2D eigenvalue weighted by molar-refractivity contribution is 0.0340. The van der Waals surface area contributed by atoms with Gasteiger partial charge in [0.1, 0.15) is 28.4 Å². The van der Waals surface area contributed by atoms with Crippen molar-refractivity contribution in [1.29, 1.82) is 0 Å². The zero-order valence-electron chi connectivity index (χ0n) is 16.4. The molecule has 1 saturated heterocycles. The first-order chi connectivity index (χ1) is 14.2. The molecule has 0 saturated carbocycles. The van der Waals surface area contributed by atoms with Gasteiger partial charge in [-0.15, -0.1) is 11.3 Å². The third-order valence-electron chi connectivity index (χ3n) is 5.08. The molecule has 0 spiro atoms. The van der Waals surface area contributed by atoms with E-state index in [0.29, 0.717) is 19.0 Å². The van der Waals surface area contributed by atoms with E-state index in [4.69, 9.17) is 9.72 Å². The number of aromatic nitrogens is 5. The van der Waals surface area contributed by atoms with Crippen LogP contribution in [-0.4, -0.2) is 44.8 Å². The predicted octanol–water partition coefficient (Wildman–Crippen LogP) is 3.93. The second kappa shape index (κ2) is 7.53. The molecule has 0 aliphatic carbocycles. The molecule has 7 nitrogen and oxygen atoms in total. The van der Waals surface area contributed by atoms with Crippen molar-refractivity contribution in [3.05, 3.63) is 53.9 Å². The van der Waals surface area contributed by atoms with Crippen LogP contribution >= 0.6 is 11.3 Å². The van der Waals surface area contributed by atoms with E-state index in [2.05, 4.69) is 62.3 Å². The number of anilines is 1. The Hall–Kier alpha value is -2.84. The molecular formula is C21H22N6OS. The number of nitrogens with zero attached hydrogens (tertiary/aromatic N) is 5. The van der Waals surface area contributed by atoms with E-state index in [9.17, 15) is 0 Å². The van der Waals surface area contributed by atoms with E-state index >= 15 is 0 Å². The van der Waals surface area contributed by atoms with Crippen molar-refractivity contribution < 1.29 is 4.74 Å².